The van der Waals surface area contributed by atoms with Gasteiger partial charge in [0.2, 0.25) is 0 Å². The maximum Gasteiger partial charge on any atom is 0.317 e. The number of amides is 2. The summed E-state index contributed by atoms with van der Waals surface area (Å²) in [6.45, 7) is 0.799. The molecule has 6 heteroatoms. The van der Waals surface area contributed by atoms with Crippen LogP contribution < -0.4 is 14.8 Å². The summed E-state index contributed by atoms with van der Waals surface area (Å²) in [5.41, 5.74) is 1.69. The molecule has 1 aromatic heterocycles. The number of nitrogens with zero attached hydrogens (tertiary/aromatic N) is 2. The number of benzene rings is 1. The third-order valence-electron chi connectivity index (χ3n) is 3.39. The molecule has 0 aliphatic rings. The molecule has 0 saturated heterocycles. The van der Waals surface area contributed by atoms with Gasteiger partial charge >= 0.3 is 6.03 Å². The zero-order valence-corrected chi connectivity index (χ0v) is 13.6. The Labute approximate surface area is 136 Å². The van der Waals surface area contributed by atoms with Crippen LogP contribution in [0.15, 0.2) is 42.6 Å². The Balaban J connectivity index is 1.96. The average molecular weight is 315 g/mol. The Bertz CT molecular complexity index is 647. The molecular formula is C17H21N3O3. The molecule has 0 radical (unpaired) electrons. The van der Waals surface area contributed by atoms with Crippen LogP contribution in [0.25, 0.3) is 0 Å². The molecule has 1 heterocycles. The number of hydrogen-bond acceptors (Lipinski definition) is 4. The first-order valence-corrected chi connectivity index (χ1v) is 7.24. The summed E-state index contributed by atoms with van der Waals surface area (Å²) in [6, 6.07) is 11.0. The predicted octanol–water partition coefficient (Wildman–Crippen LogP) is 2.44. The lowest BCUT2D eigenvalue weighted by molar-refractivity contribution is 0.205. The van der Waals surface area contributed by atoms with E-state index < -0.39 is 0 Å². The number of carbonyl (C=O) groups excluding carboxylic acids is 1. The Kier molecular flexibility index (Phi) is 5.80. The zero-order valence-electron chi connectivity index (χ0n) is 13.6. The minimum atomic E-state index is -0.180. The highest BCUT2D eigenvalue weighted by Gasteiger charge is 2.13. The number of urea groups is 1. The van der Waals surface area contributed by atoms with Crippen molar-refractivity contribution >= 4 is 6.03 Å². The van der Waals surface area contributed by atoms with Crippen molar-refractivity contribution in [3.63, 3.8) is 0 Å². The highest BCUT2D eigenvalue weighted by Crippen LogP contribution is 2.30. The largest absolute Gasteiger partial charge is 0.493 e. The first kappa shape index (κ1) is 16.6. The number of hydrogen-bond donors (Lipinski definition) is 1. The standard InChI is InChI=1S/C17H21N3O3/c1-20(12-14-8-4-5-10-18-14)17(21)19-11-13-7-6-9-15(22-2)16(13)23-3/h4-10H,11-12H2,1-3H3,(H,19,21). The van der Waals surface area contributed by atoms with E-state index in [9.17, 15) is 4.79 Å². The van der Waals surface area contributed by atoms with E-state index >= 15 is 0 Å². The number of para-hydroxylation sites is 1. The SMILES string of the molecule is COc1cccc(CNC(=O)N(C)Cc2ccccn2)c1OC. The van der Waals surface area contributed by atoms with E-state index in [1.165, 1.54) is 0 Å². The third kappa shape index (κ3) is 4.35. The molecule has 1 N–H and O–H groups in total. The summed E-state index contributed by atoms with van der Waals surface area (Å²) in [6.07, 6.45) is 1.71. The van der Waals surface area contributed by atoms with Crippen LogP contribution in [-0.4, -0.2) is 37.2 Å². The van der Waals surface area contributed by atoms with Gasteiger partial charge in [-0.2, -0.15) is 0 Å². The van der Waals surface area contributed by atoms with Crippen molar-refractivity contribution in [2.45, 2.75) is 13.1 Å². The minimum Gasteiger partial charge on any atom is -0.493 e. The van der Waals surface area contributed by atoms with Crippen LogP contribution in [-0.2, 0) is 13.1 Å². The fraction of sp³-hybridized carbons (Fsp3) is 0.294. The quantitative estimate of drug-likeness (QED) is 0.889. The maximum atomic E-state index is 12.2. The lowest BCUT2D eigenvalue weighted by atomic mass is 10.2. The van der Waals surface area contributed by atoms with Crippen LogP contribution in [0.4, 0.5) is 4.79 Å². The fourth-order valence-corrected chi connectivity index (χ4v) is 2.21. The van der Waals surface area contributed by atoms with Gasteiger partial charge in [-0.05, 0) is 18.2 Å². The molecule has 23 heavy (non-hydrogen) atoms. The van der Waals surface area contributed by atoms with E-state index in [0.29, 0.717) is 24.6 Å². The van der Waals surface area contributed by atoms with Crippen LogP contribution in [0.5, 0.6) is 11.5 Å². The molecule has 0 aliphatic heterocycles. The van der Waals surface area contributed by atoms with E-state index in [1.54, 1.807) is 32.4 Å². The normalized spacial score (nSPS) is 10.0. The van der Waals surface area contributed by atoms with Crippen LogP contribution in [0.2, 0.25) is 0 Å². The maximum absolute atomic E-state index is 12.2. The van der Waals surface area contributed by atoms with Crippen LogP contribution in [0.1, 0.15) is 11.3 Å². The molecule has 0 spiro atoms. The highest BCUT2D eigenvalue weighted by molar-refractivity contribution is 5.74. The van der Waals surface area contributed by atoms with Crippen LogP contribution in [0, 0.1) is 0 Å². The Morgan fingerprint density at radius 1 is 1.17 bits per heavy atom. The smallest absolute Gasteiger partial charge is 0.317 e. The van der Waals surface area contributed by atoms with Crippen molar-refractivity contribution in [3.05, 3.63) is 53.9 Å². The van der Waals surface area contributed by atoms with Gasteiger partial charge in [0.1, 0.15) is 0 Å². The van der Waals surface area contributed by atoms with Gasteiger partial charge in [-0.15, -0.1) is 0 Å². The van der Waals surface area contributed by atoms with E-state index in [-0.39, 0.29) is 6.03 Å². The van der Waals surface area contributed by atoms with Crippen molar-refractivity contribution in [2.24, 2.45) is 0 Å². The second-order valence-electron chi connectivity index (χ2n) is 4.99. The van der Waals surface area contributed by atoms with Crippen molar-refractivity contribution in [1.82, 2.24) is 15.2 Å². The van der Waals surface area contributed by atoms with E-state index in [1.807, 2.05) is 36.4 Å². The molecule has 2 amide bonds. The fourth-order valence-electron chi connectivity index (χ4n) is 2.21. The first-order chi connectivity index (χ1) is 11.2. The van der Waals surface area contributed by atoms with E-state index in [0.717, 1.165) is 11.3 Å². The number of nitrogens with one attached hydrogen (secondary N) is 1. The van der Waals surface area contributed by atoms with Gasteiger partial charge in [-0.1, -0.05) is 18.2 Å². The molecule has 0 aliphatic carbocycles. The highest BCUT2D eigenvalue weighted by atomic mass is 16.5. The number of rotatable bonds is 6. The molecule has 2 aromatic rings. The Morgan fingerprint density at radius 2 is 2.00 bits per heavy atom. The second-order valence-corrected chi connectivity index (χ2v) is 4.99. The number of carbonyl (C=O) groups is 1. The van der Waals surface area contributed by atoms with Gasteiger partial charge in [0.15, 0.2) is 11.5 Å². The summed E-state index contributed by atoms with van der Waals surface area (Å²) in [4.78, 5) is 18.0. The zero-order chi connectivity index (χ0) is 16.7. The monoisotopic (exact) mass is 315 g/mol. The van der Waals surface area contributed by atoms with Gasteiger partial charge in [-0.25, -0.2) is 4.79 Å². The number of ether oxygens (including phenoxy) is 2. The number of pyridine rings is 1. The summed E-state index contributed by atoms with van der Waals surface area (Å²) >= 11 is 0. The van der Waals surface area contributed by atoms with Crippen molar-refractivity contribution in [3.8, 4) is 11.5 Å². The molecule has 0 saturated carbocycles. The molecule has 2 rings (SSSR count). The van der Waals surface area contributed by atoms with Crippen molar-refractivity contribution < 1.29 is 14.3 Å². The number of aromatic nitrogens is 1. The molecule has 0 fully saturated rings. The van der Waals surface area contributed by atoms with E-state index in [4.69, 9.17) is 9.47 Å². The molecule has 0 bridgehead atoms. The second kappa shape index (κ2) is 8.03. The summed E-state index contributed by atoms with van der Waals surface area (Å²) in [5, 5.41) is 2.87. The Morgan fingerprint density at radius 3 is 2.65 bits per heavy atom. The molecule has 1 aromatic carbocycles. The van der Waals surface area contributed by atoms with Crippen LogP contribution >= 0.6 is 0 Å². The van der Waals surface area contributed by atoms with Gasteiger partial charge in [0.05, 0.1) is 26.5 Å². The van der Waals surface area contributed by atoms with Crippen molar-refractivity contribution in [2.75, 3.05) is 21.3 Å². The van der Waals surface area contributed by atoms with Gasteiger partial charge in [-0.3, -0.25) is 4.98 Å². The lowest BCUT2D eigenvalue weighted by Gasteiger charge is -2.18. The molecule has 122 valence electrons. The Hall–Kier alpha value is -2.76. The molecule has 0 unspecified atom stereocenters. The first-order valence-electron chi connectivity index (χ1n) is 7.24. The van der Waals surface area contributed by atoms with Gasteiger partial charge in [0.25, 0.3) is 0 Å². The van der Waals surface area contributed by atoms with Gasteiger partial charge in [0, 0.05) is 25.4 Å². The summed E-state index contributed by atoms with van der Waals surface area (Å²) < 4.78 is 10.6. The predicted molar refractivity (Wildman–Crippen MR) is 87.5 cm³/mol. The van der Waals surface area contributed by atoms with Crippen molar-refractivity contribution in [1.29, 1.82) is 0 Å². The van der Waals surface area contributed by atoms with E-state index in [2.05, 4.69) is 10.3 Å². The minimum absolute atomic E-state index is 0.180. The molecule has 0 atom stereocenters. The van der Waals surface area contributed by atoms with Gasteiger partial charge < -0.3 is 19.7 Å². The van der Waals surface area contributed by atoms with Crippen LogP contribution in [0.3, 0.4) is 0 Å². The summed E-state index contributed by atoms with van der Waals surface area (Å²) in [5.74, 6) is 1.27. The molecule has 6 nitrogen and oxygen atoms in total. The summed E-state index contributed by atoms with van der Waals surface area (Å²) in [7, 11) is 4.89. The molecular weight excluding hydrogens is 294 g/mol. The third-order valence-corrected chi connectivity index (χ3v) is 3.39. The average Bonchev–Trinajstić information content (AvgIpc) is 2.59. The number of methoxy groups -OCH3 is 2. The topological polar surface area (TPSA) is 63.7 Å². The lowest BCUT2D eigenvalue weighted by Crippen LogP contribution is -2.36.